The number of hydrogen-bond donors (Lipinski definition) is 1. The van der Waals surface area contributed by atoms with Gasteiger partial charge in [0.2, 0.25) is 0 Å². The number of benzene rings is 1. The molecular weight excluding hydrogens is 278 g/mol. The smallest absolute Gasteiger partial charge is 0.112 e. The van der Waals surface area contributed by atoms with Gasteiger partial charge in [-0.2, -0.15) is 0 Å². The normalized spacial score (nSPS) is 14.9. The van der Waals surface area contributed by atoms with Crippen molar-refractivity contribution in [1.82, 2.24) is 14.9 Å². The van der Waals surface area contributed by atoms with Crippen molar-refractivity contribution in [3.05, 3.63) is 52.6 Å². The van der Waals surface area contributed by atoms with Crippen molar-refractivity contribution in [2.24, 2.45) is 0 Å². The minimum Gasteiger partial charge on any atom is -0.340 e. The molecule has 3 aromatic rings. The summed E-state index contributed by atoms with van der Waals surface area (Å²) < 4.78 is 2.33. The van der Waals surface area contributed by atoms with E-state index in [1.165, 1.54) is 34.3 Å². The standard InChI is InChI=1S/C17H19N3S/c1-2-4-16-15(3-1)13(7-8-18-14-5-6-14)11-20(16)12-17-19-9-10-21-17/h1-4,9-11,14,18H,5-8,12H2. The van der Waals surface area contributed by atoms with Crippen LogP contribution in [0.4, 0.5) is 0 Å². The molecule has 2 heterocycles. The zero-order valence-corrected chi connectivity index (χ0v) is 12.8. The number of nitrogens with one attached hydrogen (secondary N) is 1. The van der Waals surface area contributed by atoms with Crippen LogP contribution in [-0.4, -0.2) is 22.1 Å². The Hall–Kier alpha value is -1.65. The predicted octanol–water partition coefficient (Wildman–Crippen LogP) is 3.44. The molecule has 1 fully saturated rings. The summed E-state index contributed by atoms with van der Waals surface area (Å²) in [5, 5.41) is 8.19. The van der Waals surface area contributed by atoms with Crippen LogP contribution in [0.3, 0.4) is 0 Å². The Morgan fingerprint density at radius 2 is 2.19 bits per heavy atom. The molecule has 108 valence electrons. The Morgan fingerprint density at radius 1 is 1.29 bits per heavy atom. The van der Waals surface area contributed by atoms with Crippen molar-refractivity contribution < 1.29 is 0 Å². The van der Waals surface area contributed by atoms with Crippen LogP contribution in [0, 0.1) is 0 Å². The van der Waals surface area contributed by atoms with Crippen molar-refractivity contribution >= 4 is 22.2 Å². The highest BCUT2D eigenvalue weighted by molar-refractivity contribution is 7.09. The van der Waals surface area contributed by atoms with Gasteiger partial charge in [-0.05, 0) is 37.4 Å². The third-order valence-corrected chi connectivity index (χ3v) is 4.83. The van der Waals surface area contributed by atoms with E-state index in [0.29, 0.717) is 0 Å². The summed E-state index contributed by atoms with van der Waals surface area (Å²) in [7, 11) is 0. The number of fused-ring (bicyclic) bond motifs is 1. The third kappa shape index (κ3) is 2.87. The first kappa shape index (κ1) is 13.0. The Bertz CT molecular complexity index is 726. The summed E-state index contributed by atoms with van der Waals surface area (Å²) >= 11 is 1.72. The maximum atomic E-state index is 4.41. The van der Waals surface area contributed by atoms with E-state index >= 15 is 0 Å². The van der Waals surface area contributed by atoms with E-state index in [-0.39, 0.29) is 0 Å². The van der Waals surface area contributed by atoms with Crippen LogP contribution < -0.4 is 5.32 Å². The molecule has 0 spiro atoms. The Labute approximate surface area is 128 Å². The van der Waals surface area contributed by atoms with Crippen LogP contribution in [0.25, 0.3) is 10.9 Å². The van der Waals surface area contributed by atoms with E-state index in [2.05, 4.69) is 45.3 Å². The number of hydrogen-bond acceptors (Lipinski definition) is 3. The van der Waals surface area contributed by atoms with Crippen LogP contribution in [0.5, 0.6) is 0 Å². The van der Waals surface area contributed by atoms with E-state index < -0.39 is 0 Å². The fraction of sp³-hybridized carbons (Fsp3) is 0.353. The Morgan fingerprint density at radius 3 is 3.00 bits per heavy atom. The molecule has 0 saturated heterocycles. The topological polar surface area (TPSA) is 29.9 Å². The quantitative estimate of drug-likeness (QED) is 0.755. The molecule has 1 aromatic carbocycles. The molecule has 0 amide bonds. The highest BCUT2D eigenvalue weighted by Crippen LogP contribution is 2.24. The number of rotatable bonds is 6. The van der Waals surface area contributed by atoms with Gasteiger partial charge in [-0.3, -0.25) is 0 Å². The highest BCUT2D eigenvalue weighted by atomic mass is 32.1. The molecular formula is C17H19N3S. The van der Waals surface area contributed by atoms with Crippen molar-refractivity contribution in [3.8, 4) is 0 Å². The number of nitrogens with zero attached hydrogens (tertiary/aromatic N) is 2. The summed E-state index contributed by atoms with van der Waals surface area (Å²) in [5.74, 6) is 0. The van der Waals surface area contributed by atoms with Gasteiger partial charge in [-0.1, -0.05) is 18.2 Å². The molecule has 0 atom stereocenters. The second kappa shape index (κ2) is 5.62. The average molecular weight is 297 g/mol. The van der Waals surface area contributed by atoms with E-state index in [4.69, 9.17) is 0 Å². The molecule has 1 aliphatic rings. The first-order chi connectivity index (χ1) is 10.4. The molecule has 3 nitrogen and oxygen atoms in total. The molecule has 0 unspecified atom stereocenters. The summed E-state index contributed by atoms with van der Waals surface area (Å²) in [5.41, 5.74) is 2.75. The van der Waals surface area contributed by atoms with Crippen molar-refractivity contribution in [3.63, 3.8) is 0 Å². The zero-order valence-electron chi connectivity index (χ0n) is 12.0. The van der Waals surface area contributed by atoms with E-state index in [1.807, 2.05) is 11.6 Å². The molecule has 21 heavy (non-hydrogen) atoms. The van der Waals surface area contributed by atoms with E-state index in [9.17, 15) is 0 Å². The second-order valence-electron chi connectivity index (χ2n) is 5.70. The first-order valence-electron chi connectivity index (χ1n) is 7.58. The number of thiazole rings is 1. The van der Waals surface area contributed by atoms with Gasteiger partial charge in [0, 0.05) is 34.7 Å². The van der Waals surface area contributed by atoms with Gasteiger partial charge in [-0.15, -0.1) is 11.3 Å². The summed E-state index contributed by atoms with van der Waals surface area (Å²) in [6.07, 6.45) is 7.99. The van der Waals surface area contributed by atoms with Gasteiger partial charge < -0.3 is 9.88 Å². The lowest BCUT2D eigenvalue weighted by atomic mass is 10.1. The molecule has 0 radical (unpaired) electrons. The molecule has 1 aliphatic carbocycles. The Balaban J connectivity index is 1.60. The van der Waals surface area contributed by atoms with Crippen molar-refractivity contribution in [2.45, 2.75) is 31.8 Å². The van der Waals surface area contributed by atoms with Crippen LogP contribution in [0.1, 0.15) is 23.4 Å². The Kier molecular flexibility index (Phi) is 3.49. The molecule has 2 aromatic heterocycles. The SMILES string of the molecule is c1ccc2c(c1)c(CCNC1CC1)cn2Cc1nccs1. The maximum Gasteiger partial charge on any atom is 0.112 e. The highest BCUT2D eigenvalue weighted by Gasteiger charge is 2.20. The molecule has 1 saturated carbocycles. The summed E-state index contributed by atoms with van der Waals surface area (Å²) in [6, 6.07) is 9.48. The van der Waals surface area contributed by atoms with Gasteiger partial charge in [0.25, 0.3) is 0 Å². The van der Waals surface area contributed by atoms with Crippen molar-refractivity contribution in [1.29, 1.82) is 0 Å². The van der Waals surface area contributed by atoms with Crippen LogP contribution >= 0.6 is 11.3 Å². The van der Waals surface area contributed by atoms with E-state index in [1.54, 1.807) is 11.3 Å². The lowest BCUT2D eigenvalue weighted by Gasteiger charge is -2.01. The van der Waals surface area contributed by atoms with Crippen LogP contribution in [0.15, 0.2) is 42.0 Å². The third-order valence-electron chi connectivity index (χ3n) is 4.06. The number of para-hydroxylation sites is 1. The van der Waals surface area contributed by atoms with Gasteiger partial charge >= 0.3 is 0 Å². The molecule has 4 heteroatoms. The predicted molar refractivity (Wildman–Crippen MR) is 87.9 cm³/mol. The van der Waals surface area contributed by atoms with Gasteiger partial charge in [-0.25, -0.2) is 4.98 Å². The van der Waals surface area contributed by atoms with Gasteiger partial charge in [0.05, 0.1) is 6.54 Å². The van der Waals surface area contributed by atoms with Crippen LogP contribution in [0.2, 0.25) is 0 Å². The first-order valence-corrected chi connectivity index (χ1v) is 8.46. The van der Waals surface area contributed by atoms with Crippen LogP contribution in [-0.2, 0) is 13.0 Å². The summed E-state index contributed by atoms with van der Waals surface area (Å²) in [6.45, 7) is 1.95. The zero-order chi connectivity index (χ0) is 14.1. The minimum atomic E-state index is 0.786. The monoisotopic (exact) mass is 297 g/mol. The lowest BCUT2D eigenvalue weighted by molar-refractivity contribution is 0.681. The van der Waals surface area contributed by atoms with E-state index in [0.717, 1.165) is 25.6 Å². The maximum absolute atomic E-state index is 4.41. The fourth-order valence-corrected chi connectivity index (χ4v) is 3.44. The molecule has 0 bridgehead atoms. The molecule has 4 rings (SSSR count). The number of aromatic nitrogens is 2. The largest absolute Gasteiger partial charge is 0.340 e. The fourth-order valence-electron chi connectivity index (χ4n) is 2.83. The minimum absolute atomic E-state index is 0.786. The van der Waals surface area contributed by atoms with Crippen molar-refractivity contribution in [2.75, 3.05) is 6.54 Å². The average Bonchev–Trinajstić information content (AvgIpc) is 3.07. The molecule has 0 aliphatic heterocycles. The molecule has 1 N–H and O–H groups in total. The lowest BCUT2D eigenvalue weighted by Crippen LogP contribution is -2.19. The van der Waals surface area contributed by atoms with Gasteiger partial charge in [0.1, 0.15) is 5.01 Å². The second-order valence-corrected chi connectivity index (χ2v) is 6.68. The summed E-state index contributed by atoms with van der Waals surface area (Å²) in [4.78, 5) is 4.41. The van der Waals surface area contributed by atoms with Gasteiger partial charge in [0.15, 0.2) is 0 Å².